The molecule has 0 atom stereocenters. The number of hydrogen-bond acceptors (Lipinski definition) is 5. The van der Waals surface area contributed by atoms with E-state index in [0.29, 0.717) is 17.7 Å². The fourth-order valence-electron chi connectivity index (χ4n) is 4.50. The number of hydrogen-bond donors (Lipinski definition) is 1. The van der Waals surface area contributed by atoms with Gasteiger partial charge in [0, 0.05) is 31.7 Å². The number of rotatable bonds is 7. The first-order valence-corrected chi connectivity index (χ1v) is 11.8. The Morgan fingerprint density at radius 1 is 0.800 bits per heavy atom. The van der Waals surface area contributed by atoms with Crippen molar-refractivity contribution < 1.29 is 19.1 Å². The molecule has 3 aromatic carbocycles. The fraction of sp³-hybridized carbons (Fsp3) is 0.250. The minimum Gasteiger partial charge on any atom is -0.379 e. The molecule has 0 spiro atoms. The number of benzene rings is 3. The Kier molecular flexibility index (Phi) is 6.70. The van der Waals surface area contributed by atoms with E-state index in [4.69, 9.17) is 4.74 Å². The van der Waals surface area contributed by atoms with Crippen molar-refractivity contribution in [3.8, 4) is 0 Å². The largest absolute Gasteiger partial charge is 0.379 e. The lowest BCUT2D eigenvalue weighted by Gasteiger charge is -2.27. The summed E-state index contributed by atoms with van der Waals surface area (Å²) in [6.07, 6.45) is 0. The number of ether oxygens (including phenoxy) is 1. The first-order valence-electron chi connectivity index (χ1n) is 11.8. The van der Waals surface area contributed by atoms with Crippen LogP contribution < -0.4 is 5.32 Å². The molecule has 3 aromatic rings. The van der Waals surface area contributed by atoms with Crippen LogP contribution in [0.15, 0.2) is 72.8 Å². The van der Waals surface area contributed by atoms with Crippen LogP contribution in [0.5, 0.6) is 0 Å². The number of nitrogens with zero attached hydrogens (tertiary/aromatic N) is 2. The summed E-state index contributed by atoms with van der Waals surface area (Å²) in [5.41, 5.74) is 4.05. The van der Waals surface area contributed by atoms with Crippen molar-refractivity contribution in [2.24, 2.45) is 0 Å². The average molecular weight is 470 g/mol. The number of morpholine rings is 1. The molecule has 5 rings (SSSR count). The van der Waals surface area contributed by atoms with Gasteiger partial charge in [-0.25, -0.2) is 0 Å². The average Bonchev–Trinajstić information content (AvgIpc) is 3.13. The van der Waals surface area contributed by atoms with Gasteiger partial charge >= 0.3 is 0 Å². The lowest BCUT2D eigenvalue weighted by atomic mass is 10.0. The van der Waals surface area contributed by atoms with E-state index in [2.05, 4.69) is 16.3 Å². The van der Waals surface area contributed by atoms with Gasteiger partial charge in [-0.3, -0.25) is 24.2 Å². The van der Waals surface area contributed by atoms with Crippen LogP contribution in [0.2, 0.25) is 0 Å². The van der Waals surface area contributed by atoms with E-state index in [-0.39, 0.29) is 29.8 Å². The van der Waals surface area contributed by atoms with Crippen molar-refractivity contribution in [2.75, 3.05) is 26.3 Å². The predicted octanol–water partition coefficient (Wildman–Crippen LogP) is 3.25. The van der Waals surface area contributed by atoms with Gasteiger partial charge in [0.25, 0.3) is 17.7 Å². The molecule has 0 saturated carbocycles. The molecule has 7 heteroatoms. The van der Waals surface area contributed by atoms with E-state index in [9.17, 15) is 14.4 Å². The first-order chi connectivity index (χ1) is 17.1. The molecule has 2 aliphatic heterocycles. The summed E-state index contributed by atoms with van der Waals surface area (Å²) in [5.74, 6) is -0.993. The zero-order valence-electron chi connectivity index (χ0n) is 19.4. The molecule has 2 heterocycles. The summed E-state index contributed by atoms with van der Waals surface area (Å²) in [6.45, 7) is 4.65. The smallest absolute Gasteiger partial charge is 0.261 e. The summed E-state index contributed by atoms with van der Waals surface area (Å²) in [4.78, 5) is 42.3. The minimum absolute atomic E-state index is 0.203. The number of imide groups is 1. The van der Waals surface area contributed by atoms with Crippen LogP contribution in [0.3, 0.4) is 0 Å². The molecule has 0 bridgehead atoms. The van der Waals surface area contributed by atoms with E-state index < -0.39 is 0 Å². The zero-order valence-corrected chi connectivity index (χ0v) is 19.4. The topological polar surface area (TPSA) is 79.0 Å². The number of amides is 3. The van der Waals surface area contributed by atoms with Gasteiger partial charge in [-0.05, 0) is 34.9 Å². The van der Waals surface area contributed by atoms with Gasteiger partial charge in [-0.1, -0.05) is 54.6 Å². The van der Waals surface area contributed by atoms with Crippen LogP contribution in [-0.2, 0) is 24.4 Å². The van der Waals surface area contributed by atoms with Gasteiger partial charge in [0.05, 0.1) is 30.9 Å². The van der Waals surface area contributed by atoms with Crippen molar-refractivity contribution in [3.05, 3.63) is 106 Å². The molecule has 0 unspecified atom stereocenters. The monoisotopic (exact) mass is 469 g/mol. The standard InChI is InChI=1S/C28H27N3O4/c32-26(29-17-22-8-4-5-9-23(22)19-30-12-14-35-15-13-30)21-10-11-24-25(16-21)28(34)31(27(24)33)18-20-6-2-1-3-7-20/h1-11,16H,12-15,17-19H2,(H,29,32). The molecule has 7 nitrogen and oxygen atoms in total. The van der Waals surface area contributed by atoms with Gasteiger partial charge in [-0.2, -0.15) is 0 Å². The van der Waals surface area contributed by atoms with Crippen molar-refractivity contribution >= 4 is 17.7 Å². The highest BCUT2D eigenvalue weighted by molar-refractivity contribution is 6.22. The number of carbonyl (C=O) groups excluding carboxylic acids is 3. The van der Waals surface area contributed by atoms with Gasteiger partial charge in [-0.15, -0.1) is 0 Å². The summed E-state index contributed by atoms with van der Waals surface area (Å²) in [6, 6.07) is 22.1. The predicted molar refractivity (Wildman–Crippen MR) is 131 cm³/mol. The second kappa shape index (κ2) is 10.2. The first kappa shape index (κ1) is 23.0. The highest BCUT2D eigenvalue weighted by Crippen LogP contribution is 2.26. The van der Waals surface area contributed by atoms with Gasteiger partial charge < -0.3 is 10.1 Å². The van der Waals surface area contributed by atoms with Crippen LogP contribution in [-0.4, -0.2) is 53.8 Å². The maximum absolute atomic E-state index is 13.0. The highest BCUT2D eigenvalue weighted by atomic mass is 16.5. The Morgan fingerprint density at radius 2 is 1.49 bits per heavy atom. The summed E-state index contributed by atoms with van der Waals surface area (Å²) < 4.78 is 5.43. The molecule has 2 aliphatic rings. The maximum atomic E-state index is 13.0. The zero-order chi connectivity index (χ0) is 24.2. The third-order valence-electron chi connectivity index (χ3n) is 6.47. The highest BCUT2D eigenvalue weighted by Gasteiger charge is 2.36. The third-order valence-corrected chi connectivity index (χ3v) is 6.47. The molecule has 178 valence electrons. The summed E-state index contributed by atoms with van der Waals surface area (Å²) in [7, 11) is 0. The Morgan fingerprint density at radius 3 is 2.26 bits per heavy atom. The lowest BCUT2D eigenvalue weighted by Crippen LogP contribution is -2.36. The molecule has 35 heavy (non-hydrogen) atoms. The normalized spacial score (nSPS) is 15.8. The fourth-order valence-corrected chi connectivity index (χ4v) is 4.50. The molecule has 0 aliphatic carbocycles. The number of nitrogens with one attached hydrogen (secondary N) is 1. The van der Waals surface area contributed by atoms with Crippen LogP contribution >= 0.6 is 0 Å². The van der Waals surface area contributed by atoms with E-state index in [1.165, 1.54) is 16.5 Å². The van der Waals surface area contributed by atoms with Crippen LogP contribution in [0.4, 0.5) is 0 Å². The molecule has 1 N–H and O–H groups in total. The van der Waals surface area contributed by atoms with Crippen molar-refractivity contribution in [3.63, 3.8) is 0 Å². The van der Waals surface area contributed by atoms with Crippen LogP contribution in [0.1, 0.15) is 47.8 Å². The van der Waals surface area contributed by atoms with Crippen LogP contribution in [0.25, 0.3) is 0 Å². The molecule has 1 saturated heterocycles. The summed E-state index contributed by atoms with van der Waals surface area (Å²) in [5, 5.41) is 2.97. The molecule has 3 amide bonds. The molecule has 1 fully saturated rings. The third kappa shape index (κ3) is 5.01. The van der Waals surface area contributed by atoms with Crippen LogP contribution in [0, 0.1) is 0 Å². The second-order valence-electron chi connectivity index (χ2n) is 8.78. The molecule has 0 radical (unpaired) electrons. The van der Waals surface area contributed by atoms with Crippen molar-refractivity contribution in [1.29, 1.82) is 0 Å². The van der Waals surface area contributed by atoms with Gasteiger partial charge in [0.2, 0.25) is 0 Å². The lowest BCUT2D eigenvalue weighted by molar-refractivity contribution is 0.0340. The Bertz CT molecular complexity index is 1250. The van der Waals surface area contributed by atoms with E-state index >= 15 is 0 Å². The number of fused-ring (bicyclic) bond motifs is 1. The molecular weight excluding hydrogens is 442 g/mol. The maximum Gasteiger partial charge on any atom is 0.261 e. The SMILES string of the molecule is O=C(NCc1ccccc1CN1CCOCC1)c1ccc2c(c1)C(=O)N(Cc1ccccc1)C2=O. The van der Waals surface area contributed by atoms with E-state index in [1.807, 2.05) is 48.5 Å². The van der Waals surface area contributed by atoms with Gasteiger partial charge in [0.15, 0.2) is 0 Å². The summed E-state index contributed by atoms with van der Waals surface area (Å²) >= 11 is 0. The van der Waals surface area contributed by atoms with E-state index in [1.54, 1.807) is 12.1 Å². The quantitative estimate of drug-likeness (QED) is 0.538. The Labute approximate surface area is 204 Å². The second-order valence-corrected chi connectivity index (χ2v) is 8.78. The van der Waals surface area contributed by atoms with E-state index in [0.717, 1.165) is 44.0 Å². The molecule has 0 aromatic heterocycles. The minimum atomic E-state index is -0.376. The van der Waals surface area contributed by atoms with Gasteiger partial charge in [0.1, 0.15) is 0 Å². The van der Waals surface area contributed by atoms with Crippen molar-refractivity contribution in [1.82, 2.24) is 15.1 Å². The Hall–Kier alpha value is -3.81. The molecular formula is C28H27N3O4. The van der Waals surface area contributed by atoms with Crippen molar-refractivity contribution in [2.45, 2.75) is 19.6 Å². The number of carbonyl (C=O) groups is 3. The Balaban J connectivity index is 1.26.